The Hall–Kier alpha value is -3.61. The highest BCUT2D eigenvalue weighted by atomic mass is 16.5. The first-order valence-corrected chi connectivity index (χ1v) is 11.0. The molecule has 0 bridgehead atoms. The topological polar surface area (TPSA) is 92.3 Å². The lowest BCUT2D eigenvalue weighted by Crippen LogP contribution is -2.11. The molecule has 2 heterocycles. The number of aryl methyl sites for hydroxylation is 2. The van der Waals surface area contributed by atoms with Gasteiger partial charge in [0.25, 0.3) is 0 Å². The molecule has 166 valence electrons. The van der Waals surface area contributed by atoms with Crippen molar-refractivity contribution < 1.29 is 14.3 Å². The van der Waals surface area contributed by atoms with Crippen LogP contribution in [0.5, 0.6) is 5.75 Å². The van der Waals surface area contributed by atoms with Crippen molar-refractivity contribution in [3.63, 3.8) is 0 Å². The van der Waals surface area contributed by atoms with Crippen molar-refractivity contribution in [3.05, 3.63) is 59.7 Å². The number of benzene rings is 2. The van der Waals surface area contributed by atoms with Gasteiger partial charge in [-0.3, -0.25) is 0 Å². The van der Waals surface area contributed by atoms with E-state index < -0.39 is 5.97 Å². The summed E-state index contributed by atoms with van der Waals surface area (Å²) in [5.74, 6) is 0.700. The highest BCUT2D eigenvalue weighted by molar-refractivity contribution is 6.08. The Balaban J connectivity index is 1.70. The van der Waals surface area contributed by atoms with Crippen molar-refractivity contribution >= 4 is 34.0 Å². The van der Waals surface area contributed by atoms with E-state index in [2.05, 4.69) is 6.92 Å². The molecular formula is C25H28N4O3. The van der Waals surface area contributed by atoms with Crippen molar-refractivity contribution in [3.8, 4) is 5.75 Å². The second kappa shape index (κ2) is 9.68. The van der Waals surface area contributed by atoms with Gasteiger partial charge in [0.1, 0.15) is 22.6 Å². The number of esters is 1. The Kier molecular flexibility index (Phi) is 6.54. The van der Waals surface area contributed by atoms with Gasteiger partial charge in [0.2, 0.25) is 0 Å². The minimum absolute atomic E-state index is 0.296. The van der Waals surface area contributed by atoms with E-state index in [0.717, 1.165) is 42.5 Å². The molecule has 2 aromatic heterocycles. The van der Waals surface area contributed by atoms with Crippen LogP contribution in [0.3, 0.4) is 0 Å². The lowest BCUT2D eigenvalue weighted by molar-refractivity contribution is 0.0501. The average Bonchev–Trinajstić information content (AvgIpc) is 3.09. The van der Waals surface area contributed by atoms with Gasteiger partial charge in [-0.05, 0) is 42.7 Å². The zero-order valence-corrected chi connectivity index (χ0v) is 18.5. The summed E-state index contributed by atoms with van der Waals surface area (Å²) >= 11 is 0. The summed E-state index contributed by atoms with van der Waals surface area (Å²) in [7, 11) is 1.65. The van der Waals surface area contributed by atoms with Gasteiger partial charge in [0, 0.05) is 6.54 Å². The molecule has 2 N–H and O–H groups in total. The quantitative estimate of drug-likeness (QED) is 0.303. The van der Waals surface area contributed by atoms with E-state index in [9.17, 15) is 4.79 Å². The molecule has 2 aromatic carbocycles. The van der Waals surface area contributed by atoms with Crippen LogP contribution >= 0.6 is 0 Å². The first-order chi connectivity index (χ1) is 15.6. The number of hydrogen-bond acceptors (Lipinski definition) is 6. The summed E-state index contributed by atoms with van der Waals surface area (Å²) < 4.78 is 12.6. The SMILES string of the molecule is CCCCCOC(=O)c1c(N)n(CCc2ccc(OC)cc2)c2nc3ccccc3nc12. The number of methoxy groups -OCH3 is 1. The second-order valence-electron chi connectivity index (χ2n) is 7.74. The van der Waals surface area contributed by atoms with E-state index in [4.69, 9.17) is 25.2 Å². The minimum atomic E-state index is -0.448. The summed E-state index contributed by atoms with van der Waals surface area (Å²) in [6.07, 6.45) is 3.61. The molecule has 0 spiro atoms. The van der Waals surface area contributed by atoms with E-state index in [-0.39, 0.29) is 0 Å². The van der Waals surface area contributed by atoms with E-state index in [1.165, 1.54) is 0 Å². The number of nitrogen functional groups attached to an aromatic ring is 1. The lowest BCUT2D eigenvalue weighted by Gasteiger charge is -2.09. The fourth-order valence-electron chi connectivity index (χ4n) is 3.77. The summed E-state index contributed by atoms with van der Waals surface area (Å²) in [5, 5.41) is 0. The Labute approximate surface area is 187 Å². The molecule has 0 saturated heterocycles. The van der Waals surface area contributed by atoms with Gasteiger partial charge in [-0.25, -0.2) is 14.8 Å². The fourth-order valence-corrected chi connectivity index (χ4v) is 3.77. The molecule has 0 saturated carbocycles. The van der Waals surface area contributed by atoms with Crippen molar-refractivity contribution in [1.29, 1.82) is 0 Å². The summed E-state index contributed by atoms with van der Waals surface area (Å²) in [6.45, 7) is 3.04. The van der Waals surface area contributed by atoms with E-state index >= 15 is 0 Å². The van der Waals surface area contributed by atoms with Crippen molar-refractivity contribution in [2.75, 3.05) is 19.5 Å². The van der Waals surface area contributed by atoms with Crippen LogP contribution in [0.2, 0.25) is 0 Å². The highest BCUT2D eigenvalue weighted by Crippen LogP contribution is 2.29. The monoisotopic (exact) mass is 432 g/mol. The maximum atomic E-state index is 12.9. The number of unbranched alkanes of at least 4 members (excludes halogenated alkanes) is 2. The third-order valence-corrected chi connectivity index (χ3v) is 5.56. The predicted molar refractivity (Wildman–Crippen MR) is 126 cm³/mol. The molecule has 0 fully saturated rings. The molecule has 0 unspecified atom stereocenters. The molecule has 0 amide bonds. The number of fused-ring (bicyclic) bond motifs is 2. The Morgan fingerprint density at radius 2 is 1.75 bits per heavy atom. The van der Waals surface area contributed by atoms with Gasteiger partial charge in [-0.15, -0.1) is 0 Å². The molecule has 7 heteroatoms. The molecule has 0 atom stereocenters. The second-order valence-corrected chi connectivity index (χ2v) is 7.74. The number of aromatic nitrogens is 3. The standard InChI is InChI=1S/C25H28N4O3/c1-3-4-7-16-32-25(30)21-22-24(28-20-9-6-5-8-19(20)27-22)29(23(21)26)15-14-17-10-12-18(31-2)13-11-17/h5-6,8-13H,3-4,7,14-16,26H2,1-2H3. The number of para-hydroxylation sites is 2. The molecule has 0 radical (unpaired) electrons. The van der Waals surface area contributed by atoms with Gasteiger partial charge in [0.05, 0.1) is 24.8 Å². The number of anilines is 1. The van der Waals surface area contributed by atoms with Crippen molar-refractivity contribution in [2.45, 2.75) is 39.2 Å². The molecular weight excluding hydrogens is 404 g/mol. The van der Waals surface area contributed by atoms with Crippen LogP contribution in [0.4, 0.5) is 5.82 Å². The molecule has 0 aliphatic heterocycles. The van der Waals surface area contributed by atoms with Crippen LogP contribution in [0, 0.1) is 0 Å². The zero-order chi connectivity index (χ0) is 22.5. The zero-order valence-electron chi connectivity index (χ0n) is 18.5. The normalized spacial score (nSPS) is 11.2. The molecule has 4 rings (SSSR count). The molecule has 0 aliphatic rings. The van der Waals surface area contributed by atoms with Crippen LogP contribution in [-0.2, 0) is 17.7 Å². The number of nitrogens with two attached hydrogens (primary N) is 1. The third-order valence-electron chi connectivity index (χ3n) is 5.56. The highest BCUT2D eigenvalue weighted by Gasteiger charge is 2.25. The van der Waals surface area contributed by atoms with Crippen LogP contribution in [0.1, 0.15) is 42.1 Å². The summed E-state index contributed by atoms with van der Waals surface area (Å²) in [4.78, 5) is 22.4. The largest absolute Gasteiger partial charge is 0.497 e. The predicted octanol–water partition coefficient (Wildman–Crippen LogP) is 4.77. The first-order valence-electron chi connectivity index (χ1n) is 11.0. The number of rotatable bonds is 9. The van der Waals surface area contributed by atoms with E-state index in [1.807, 2.05) is 53.1 Å². The average molecular weight is 433 g/mol. The van der Waals surface area contributed by atoms with Gasteiger partial charge < -0.3 is 19.8 Å². The Morgan fingerprint density at radius 1 is 1.03 bits per heavy atom. The molecule has 4 aromatic rings. The number of nitrogens with zero attached hydrogens (tertiary/aromatic N) is 3. The number of carbonyl (C=O) groups is 1. The van der Waals surface area contributed by atoms with Gasteiger partial charge in [-0.1, -0.05) is 44.0 Å². The van der Waals surface area contributed by atoms with E-state index in [0.29, 0.717) is 41.2 Å². The van der Waals surface area contributed by atoms with Crippen LogP contribution in [0.25, 0.3) is 22.2 Å². The Bertz CT molecular complexity index is 1230. The minimum Gasteiger partial charge on any atom is -0.497 e. The first kappa shape index (κ1) is 21.6. The van der Waals surface area contributed by atoms with Gasteiger partial charge in [-0.2, -0.15) is 0 Å². The third kappa shape index (κ3) is 4.37. The number of carbonyl (C=O) groups excluding carboxylic acids is 1. The number of ether oxygens (including phenoxy) is 2. The Morgan fingerprint density at radius 3 is 2.44 bits per heavy atom. The fraction of sp³-hybridized carbons (Fsp3) is 0.320. The van der Waals surface area contributed by atoms with Crippen LogP contribution < -0.4 is 10.5 Å². The summed E-state index contributed by atoms with van der Waals surface area (Å²) in [6, 6.07) is 15.5. The van der Waals surface area contributed by atoms with Crippen LogP contribution in [0.15, 0.2) is 48.5 Å². The van der Waals surface area contributed by atoms with Crippen LogP contribution in [-0.4, -0.2) is 34.2 Å². The molecule has 7 nitrogen and oxygen atoms in total. The summed E-state index contributed by atoms with van der Waals surface area (Å²) in [5.41, 5.74) is 10.5. The molecule has 0 aliphatic carbocycles. The van der Waals surface area contributed by atoms with Crippen molar-refractivity contribution in [1.82, 2.24) is 14.5 Å². The van der Waals surface area contributed by atoms with Gasteiger partial charge in [0.15, 0.2) is 5.65 Å². The number of hydrogen-bond donors (Lipinski definition) is 1. The maximum absolute atomic E-state index is 12.9. The van der Waals surface area contributed by atoms with Gasteiger partial charge >= 0.3 is 5.97 Å². The maximum Gasteiger partial charge on any atom is 0.344 e. The lowest BCUT2D eigenvalue weighted by atomic mass is 10.1. The van der Waals surface area contributed by atoms with Crippen molar-refractivity contribution in [2.24, 2.45) is 0 Å². The molecule has 32 heavy (non-hydrogen) atoms. The van der Waals surface area contributed by atoms with E-state index in [1.54, 1.807) is 7.11 Å². The smallest absolute Gasteiger partial charge is 0.344 e.